The van der Waals surface area contributed by atoms with Crippen LogP contribution in [0.25, 0.3) is 0 Å². The van der Waals surface area contributed by atoms with Crippen LogP contribution in [0.1, 0.15) is 26.2 Å². The molecule has 1 aliphatic carbocycles. The monoisotopic (exact) mass is 258 g/mol. The lowest BCUT2D eigenvalue weighted by Gasteiger charge is -2.30. The zero-order chi connectivity index (χ0) is 12.5. The summed E-state index contributed by atoms with van der Waals surface area (Å²) < 4.78 is 17.3. The minimum Gasteiger partial charge on any atom is -0.415 e. The maximum absolute atomic E-state index is 6.11. The molecule has 0 aromatic heterocycles. The number of rotatable bonds is 6. The van der Waals surface area contributed by atoms with Crippen molar-refractivity contribution < 1.29 is 13.9 Å². The summed E-state index contributed by atoms with van der Waals surface area (Å²) in [4.78, 5) is 0. The third kappa shape index (κ3) is 3.53. The Balaban J connectivity index is 1.79. The first kappa shape index (κ1) is 13.5. The third-order valence-corrected chi connectivity index (χ3v) is 7.01. The van der Waals surface area contributed by atoms with Gasteiger partial charge in [-0.1, -0.05) is 6.92 Å². The van der Waals surface area contributed by atoms with Gasteiger partial charge in [0.1, 0.15) is 0 Å². The summed E-state index contributed by atoms with van der Waals surface area (Å²) >= 11 is 0. The molecule has 100 valence electrons. The number of fused-ring (bicyclic) bond motifs is 1. The Hall–Kier alpha value is 0.0969. The van der Waals surface area contributed by atoms with Crippen molar-refractivity contribution in [2.24, 2.45) is 5.92 Å². The Morgan fingerprint density at radius 3 is 2.65 bits per heavy atom. The van der Waals surface area contributed by atoms with Crippen molar-refractivity contribution in [1.29, 1.82) is 0 Å². The predicted octanol–water partition coefficient (Wildman–Crippen LogP) is 2.81. The predicted molar refractivity (Wildman–Crippen MR) is 70.7 cm³/mol. The van der Waals surface area contributed by atoms with Crippen LogP contribution in [0.5, 0.6) is 0 Å². The van der Waals surface area contributed by atoms with Crippen molar-refractivity contribution in [3.63, 3.8) is 0 Å². The molecule has 2 rings (SSSR count). The highest BCUT2D eigenvalue weighted by Crippen LogP contribution is 2.41. The van der Waals surface area contributed by atoms with E-state index in [2.05, 4.69) is 20.0 Å². The highest BCUT2D eigenvalue weighted by atomic mass is 28.4. The molecule has 1 aliphatic heterocycles. The zero-order valence-corrected chi connectivity index (χ0v) is 12.6. The van der Waals surface area contributed by atoms with Crippen molar-refractivity contribution in [2.75, 3.05) is 13.7 Å². The lowest BCUT2D eigenvalue weighted by atomic mass is 9.85. The average Bonchev–Trinajstić information content (AvgIpc) is 3.08. The van der Waals surface area contributed by atoms with Gasteiger partial charge in [0.05, 0.1) is 24.9 Å². The number of epoxide rings is 1. The van der Waals surface area contributed by atoms with Crippen LogP contribution in [-0.4, -0.2) is 40.3 Å². The summed E-state index contributed by atoms with van der Waals surface area (Å²) in [5.74, 6) is 0.630. The quantitative estimate of drug-likeness (QED) is 0.542. The van der Waals surface area contributed by atoms with Crippen molar-refractivity contribution >= 4 is 8.32 Å². The largest absolute Gasteiger partial charge is 0.415 e. The summed E-state index contributed by atoms with van der Waals surface area (Å²) in [7, 11) is 0.376. The molecular weight excluding hydrogens is 232 g/mol. The molecule has 2 fully saturated rings. The zero-order valence-electron chi connectivity index (χ0n) is 11.6. The number of methoxy groups -OCH3 is 1. The molecule has 2 aliphatic rings. The van der Waals surface area contributed by atoms with Gasteiger partial charge < -0.3 is 13.9 Å². The smallest absolute Gasteiger partial charge is 0.186 e. The molecule has 4 atom stereocenters. The minimum absolute atomic E-state index is 0.262. The van der Waals surface area contributed by atoms with Crippen LogP contribution in [0.4, 0.5) is 0 Å². The molecule has 1 saturated carbocycles. The van der Waals surface area contributed by atoms with Gasteiger partial charge in [0, 0.05) is 7.11 Å². The highest BCUT2D eigenvalue weighted by molar-refractivity contribution is 6.71. The normalized spacial score (nSPS) is 34.2. The first-order valence-corrected chi connectivity index (χ1v) is 9.99. The van der Waals surface area contributed by atoms with E-state index in [4.69, 9.17) is 13.9 Å². The molecule has 1 saturated heterocycles. The van der Waals surface area contributed by atoms with Crippen LogP contribution in [0.2, 0.25) is 19.1 Å². The molecule has 0 aromatic rings. The van der Waals surface area contributed by atoms with Gasteiger partial charge in [-0.05, 0) is 44.3 Å². The molecule has 17 heavy (non-hydrogen) atoms. The second-order valence-corrected chi connectivity index (χ2v) is 10.5. The molecule has 0 radical (unpaired) electrons. The third-order valence-electron chi connectivity index (χ3n) is 4.36. The van der Waals surface area contributed by atoms with Gasteiger partial charge in [-0.15, -0.1) is 0 Å². The van der Waals surface area contributed by atoms with Crippen LogP contribution in [0.15, 0.2) is 0 Å². The van der Waals surface area contributed by atoms with Crippen LogP contribution >= 0.6 is 0 Å². The van der Waals surface area contributed by atoms with Crippen LogP contribution in [-0.2, 0) is 13.9 Å². The molecule has 3 nitrogen and oxygen atoms in total. The van der Waals surface area contributed by atoms with Crippen LogP contribution < -0.4 is 0 Å². The second kappa shape index (κ2) is 5.39. The van der Waals surface area contributed by atoms with E-state index in [-0.39, 0.29) is 6.10 Å². The molecule has 4 heteroatoms. The van der Waals surface area contributed by atoms with Crippen LogP contribution in [0.3, 0.4) is 0 Å². The summed E-state index contributed by atoms with van der Waals surface area (Å²) in [6.45, 7) is 7.55. The maximum atomic E-state index is 6.11. The minimum atomic E-state index is -1.44. The topological polar surface area (TPSA) is 31.0 Å². The van der Waals surface area contributed by atoms with Crippen molar-refractivity contribution in [2.45, 2.75) is 63.6 Å². The van der Waals surface area contributed by atoms with E-state index in [1.165, 1.54) is 25.3 Å². The number of hydrogen-bond acceptors (Lipinski definition) is 3. The molecule has 0 N–H and O–H groups in total. The van der Waals surface area contributed by atoms with E-state index < -0.39 is 8.32 Å². The van der Waals surface area contributed by atoms with E-state index >= 15 is 0 Å². The fraction of sp³-hybridized carbons (Fsp3) is 1.00. The maximum Gasteiger partial charge on any atom is 0.186 e. The molecule has 0 bridgehead atoms. The summed E-state index contributed by atoms with van der Waals surface area (Å²) in [5.41, 5.74) is 0. The number of ether oxygens (including phenoxy) is 2. The lowest BCUT2D eigenvalue weighted by molar-refractivity contribution is 0.00316. The van der Waals surface area contributed by atoms with Gasteiger partial charge in [0.2, 0.25) is 0 Å². The Bertz CT molecular complexity index is 257. The highest BCUT2D eigenvalue weighted by Gasteiger charge is 2.45. The SMILES string of the molecule is CC[Si](C)(C)OCC(OC)C1CCC2OC2C1. The fourth-order valence-electron chi connectivity index (χ4n) is 2.58. The van der Waals surface area contributed by atoms with Crippen LogP contribution in [0, 0.1) is 5.92 Å². The molecule has 4 unspecified atom stereocenters. The Morgan fingerprint density at radius 1 is 1.29 bits per heavy atom. The van der Waals surface area contributed by atoms with E-state index in [1.807, 2.05) is 7.11 Å². The lowest BCUT2D eigenvalue weighted by Crippen LogP contribution is -2.38. The van der Waals surface area contributed by atoms with E-state index in [0.29, 0.717) is 18.1 Å². The summed E-state index contributed by atoms with van der Waals surface area (Å²) in [6.07, 6.45) is 4.98. The number of hydrogen-bond donors (Lipinski definition) is 0. The van der Waals surface area contributed by atoms with Gasteiger partial charge in [-0.25, -0.2) is 0 Å². The Kier molecular flexibility index (Phi) is 4.29. The van der Waals surface area contributed by atoms with E-state index in [0.717, 1.165) is 6.61 Å². The first-order valence-electron chi connectivity index (χ1n) is 6.88. The average molecular weight is 258 g/mol. The van der Waals surface area contributed by atoms with Crippen molar-refractivity contribution in [3.05, 3.63) is 0 Å². The first-order chi connectivity index (χ1) is 8.05. The van der Waals surface area contributed by atoms with Crippen molar-refractivity contribution in [1.82, 2.24) is 0 Å². The van der Waals surface area contributed by atoms with Gasteiger partial charge >= 0.3 is 0 Å². The van der Waals surface area contributed by atoms with Gasteiger partial charge in [0.15, 0.2) is 8.32 Å². The van der Waals surface area contributed by atoms with E-state index in [1.54, 1.807) is 0 Å². The molecule has 1 heterocycles. The standard InChI is InChI=1S/C13H26O3Si/c1-5-17(3,4)15-9-13(14-2)10-6-7-11-12(8-10)16-11/h10-13H,5-9H2,1-4H3. The Morgan fingerprint density at radius 2 is 2.06 bits per heavy atom. The van der Waals surface area contributed by atoms with Crippen molar-refractivity contribution in [3.8, 4) is 0 Å². The summed E-state index contributed by atoms with van der Waals surface area (Å²) in [5, 5.41) is 0. The summed E-state index contributed by atoms with van der Waals surface area (Å²) in [6, 6.07) is 1.17. The van der Waals surface area contributed by atoms with E-state index in [9.17, 15) is 0 Å². The molecule has 0 amide bonds. The second-order valence-electron chi connectivity index (χ2n) is 5.98. The van der Waals surface area contributed by atoms with Gasteiger partial charge in [-0.3, -0.25) is 0 Å². The fourth-order valence-corrected chi connectivity index (χ4v) is 3.40. The molecule has 0 aromatic carbocycles. The Labute approximate surface area is 106 Å². The van der Waals surface area contributed by atoms with Gasteiger partial charge in [-0.2, -0.15) is 0 Å². The van der Waals surface area contributed by atoms with Gasteiger partial charge in [0.25, 0.3) is 0 Å². The molecule has 0 spiro atoms. The molecular formula is C13H26O3Si.